The van der Waals surface area contributed by atoms with Crippen LogP contribution in [0.5, 0.6) is 0 Å². The summed E-state index contributed by atoms with van der Waals surface area (Å²) >= 11 is 1.62. The third kappa shape index (κ3) is 4.86. The lowest BCUT2D eigenvalue weighted by molar-refractivity contribution is -0.141. The SMILES string of the molecule is Cc1ncc(CN(C)C(=O)[C@@H]2CC[C@H](CN)O2)s1.Cl.Cl. The minimum Gasteiger partial charge on any atom is -0.364 e. The third-order valence-electron chi connectivity index (χ3n) is 3.08. The molecule has 1 aromatic heterocycles. The predicted molar refractivity (Wildman–Crippen MR) is 84.8 cm³/mol. The molecule has 0 aromatic carbocycles. The van der Waals surface area contributed by atoms with E-state index in [9.17, 15) is 4.79 Å². The van der Waals surface area contributed by atoms with E-state index in [0.717, 1.165) is 22.7 Å². The number of hydrogen-bond acceptors (Lipinski definition) is 5. The van der Waals surface area contributed by atoms with Gasteiger partial charge in [-0.15, -0.1) is 36.2 Å². The maximum Gasteiger partial charge on any atom is 0.251 e. The van der Waals surface area contributed by atoms with Crippen molar-refractivity contribution in [2.24, 2.45) is 5.73 Å². The van der Waals surface area contributed by atoms with E-state index in [-0.39, 0.29) is 42.9 Å². The summed E-state index contributed by atoms with van der Waals surface area (Å²) in [5, 5.41) is 1.02. The molecular weight excluding hydrogens is 321 g/mol. The lowest BCUT2D eigenvalue weighted by atomic mass is 10.2. The summed E-state index contributed by atoms with van der Waals surface area (Å²) in [5.74, 6) is 0.0389. The summed E-state index contributed by atoms with van der Waals surface area (Å²) in [4.78, 5) is 19.1. The molecule has 2 rings (SSSR count). The zero-order chi connectivity index (χ0) is 13.1. The van der Waals surface area contributed by atoms with Crippen LogP contribution in [0.2, 0.25) is 0 Å². The molecule has 1 aromatic rings. The molecule has 1 aliphatic rings. The second-order valence-electron chi connectivity index (χ2n) is 4.60. The quantitative estimate of drug-likeness (QED) is 0.905. The van der Waals surface area contributed by atoms with Crippen LogP contribution in [0.15, 0.2) is 6.20 Å². The molecule has 1 fully saturated rings. The summed E-state index contributed by atoms with van der Waals surface area (Å²) in [6.07, 6.45) is 3.19. The Morgan fingerprint density at radius 2 is 2.25 bits per heavy atom. The molecule has 2 N–H and O–H groups in total. The van der Waals surface area contributed by atoms with E-state index in [1.165, 1.54) is 0 Å². The Labute approximate surface area is 135 Å². The van der Waals surface area contributed by atoms with Crippen LogP contribution in [0.3, 0.4) is 0 Å². The van der Waals surface area contributed by atoms with Gasteiger partial charge in [0.25, 0.3) is 5.91 Å². The first-order valence-electron chi connectivity index (χ1n) is 6.12. The van der Waals surface area contributed by atoms with Gasteiger partial charge in [0.2, 0.25) is 0 Å². The molecule has 0 unspecified atom stereocenters. The van der Waals surface area contributed by atoms with Crippen molar-refractivity contribution in [2.75, 3.05) is 13.6 Å². The zero-order valence-electron chi connectivity index (χ0n) is 11.6. The van der Waals surface area contributed by atoms with E-state index in [1.54, 1.807) is 23.3 Å². The zero-order valence-corrected chi connectivity index (χ0v) is 14.0. The van der Waals surface area contributed by atoms with E-state index >= 15 is 0 Å². The van der Waals surface area contributed by atoms with Crippen molar-refractivity contribution < 1.29 is 9.53 Å². The van der Waals surface area contributed by atoms with E-state index in [2.05, 4.69) is 4.98 Å². The number of aryl methyl sites for hydroxylation is 1. The second-order valence-corrected chi connectivity index (χ2v) is 5.92. The normalized spacial score (nSPS) is 20.9. The fourth-order valence-electron chi connectivity index (χ4n) is 2.10. The van der Waals surface area contributed by atoms with Crippen LogP contribution in [0.4, 0.5) is 0 Å². The summed E-state index contributed by atoms with van der Waals surface area (Å²) in [5.41, 5.74) is 5.54. The molecule has 2 heterocycles. The van der Waals surface area contributed by atoms with Crippen LogP contribution in [0, 0.1) is 6.92 Å². The van der Waals surface area contributed by atoms with Crippen molar-refractivity contribution in [1.82, 2.24) is 9.88 Å². The van der Waals surface area contributed by atoms with Crippen LogP contribution < -0.4 is 5.73 Å². The van der Waals surface area contributed by atoms with Gasteiger partial charge in [0, 0.05) is 24.7 Å². The van der Waals surface area contributed by atoms with E-state index < -0.39 is 0 Å². The van der Waals surface area contributed by atoms with Crippen LogP contribution in [0.25, 0.3) is 0 Å². The molecule has 0 saturated carbocycles. The monoisotopic (exact) mass is 341 g/mol. The average Bonchev–Trinajstić information content (AvgIpc) is 2.97. The minimum atomic E-state index is -0.322. The van der Waals surface area contributed by atoms with Crippen molar-refractivity contribution in [2.45, 2.75) is 38.5 Å². The van der Waals surface area contributed by atoms with E-state index in [0.29, 0.717) is 13.1 Å². The fourth-order valence-corrected chi connectivity index (χ4v) is 2.95. The van der Waals surface area contributed by atoms with Gasteiger partial charge in [-0.1, -0.05) is 0 Å². The van der Waals surface area contributed by atoms with Crippen molar-refractivity contribution in [3.63, 3.8) is 0 Å². The standard InChI is InChI=1S/C12H19N3O2S.2ClH/c1-8-14-6-10(18-8)7-15(2)12(16)11-4-3-9(5-13)17-11;;/h6,9,11H,3-5,7,13H2,1-2H3;2*1H/t9-,11+;;/m1../s1. The minimum absolute atomic E-state index is 0. The Kier molecular flexibility index (Phi) is 8.62. The number of carbonyl (C=O) groups is 1. The molecule has 8 heteroatoms. The van der Waals surface area contributed by atoms with Crippen molar-refractivity contribution in [1.29, 1.82) is 0 Å². The Bertz CT molecular complexity index is 431. The lowest BCUT2D eigenvalue weighted by Gasteiger charge is -2.20. The summed E-state index contributed by atoms with van der Waals surface area (Å²) in [6.45, 7) is 3.04. The molecule has 0 bridgehead atoms. The van der Waals surface area contributed by atoms with Crippen LogP contribution in [-0.4, -0.2) is 41.6 Å². The highest BCUT2D eigenvalue weighted by molar-refractivity contribution is 7.11. The summed E-state index contributed by atoms with van der Waals surface area (Å²) in [6, 6.07) is 0. The molecule has 2 atom stereocenters. The molecule has 1 amide bonds. The lowest BCUT2D eigenvalue weighted by Crippen LogP contribution is -2.36. The Morgan fingerprint density at radius 3 is 2.75 bits per heavy atom. The van der Waals surface area contributed by atoms with Crippen molar-refractivity contribution in [3.8, 4) is 0 Å². The Morgan fingerprint density at radius 1 is 1.55 bits per heavy atom. The molecule has 1 saturated heterocycles. The first kappa shape index (κ1) is 19.6. The first-order valence-corrected chi connectivity index (χ1v) is 6.93. The number of carbonyl (C=O) groups excluding carboxylic acids is 1. The summed E-state index contributed by atoms with van der Waals surface area (Å²) in [7, 11) is 1.80. The van der Waals surface area contributed by atoms with Gasteiger partial charge in [-0.25, -0.2) is 4.98 Å². The number of halogens is 2. The number of rotatable bonds is 4. The smallest absolute Gasteiger partial charge is 0.251 e. The number of ether oxygens (including phenoxy) is 1. The molecule has 20 heavy (non-hydrogen) atoms. The Balaban J connectivity index is 0.00000180. The van der Waals surface area contributed by atoms with Gasteiger partial charge in [-0.3, -0.25) is 4.79 Å². The Hall–Kier alpha value is -0.400. The van der Waals surface area contributed by atoms with Gasteiger partial charge in [0.15, 0.2) is 0 Å². The second kappa shape index (κ2) is 8.79. The number of nitrogens with two attached hydrogens (primary N) is 1. The van der Waals surface area contributed by atoms with Gasteiger partial charge in [-0.2, -0.15) is 0 Å². The van der Waals surface area contributed by atoms with Crippen molar-refractivity contribution in [3.05, 3.63) is 16.1 Å². The topological polar surface area (TPSA) is 68.5 Å². The van der Waals surface area contributed by atoms with Crippen LogP contribution in [0.1, 0.15) is 22.7 Å². The third-order valence-corrected chi connectivity index (χ3v) is 3.98. The molecule has 0 radical (unpaired) electrons. The van der Waals surface area contributed by atoms with E-state index in [4.69, 9.17) is 10.5 Å². The maximum absolute atomic E-state index is 12.2. The number of nitrogens with zero attached hydrogens (tertiary/aromatic N) is 2. The van der Waals surface area contributed by atoms with E-state index in [1.807, 2.05) is 13.1 Å². The number of hydrogen-bond donors (Lipinski definition) is 1. The first-order chi connectivity index (χ1) is 8.60. The molecule has 0 aliphatic carbocycles. The fraction of sp³-hybridized carbons (Fsp3) is 0.667. The van der Waals surface area contributed by atoms with Gasteiger partial charge in [0.05, 0.1) is 17.7 Å². The number of amides is 1. The maximum atomic E-state index is 12.2. The van der Waals surface area contributed by atoms with Crippen molar-refractivity contribution >= 4 is 42.1 Å². The summed E-state index contributed by atoms with van der Waals surface area (Å²) < 4.78 is 5.61. The number of thiazole rings is 1. The predicted octanol–water partition coefficient (Wildman–Crippen LogP) is 1.76. The van der Waals surface area contributed by atoms with Gasteiger partial charge < -0.3 is 15.4 Å². The molecule has 5 nitrogen and oxygen atoms in total. The number of likely N-dealkylation sites (N-methyl/N-ethyl adjacent to an activating group) is 1. The van der Waals surface area contributed by atoms with Crippen LogP contribution >= 0.6 is 36.2 Å². The molecule has 116 valence electrons. The van der Waals surface area contributed by atoms with Crippen LogP contribution in [-0.2, 0) is 16.1 Å². The van der Waals surface area contributed by atoms with Gasteiger partial charge in [-0.05, 0) is 19.8 Å². The molecule has 1 aliphatic heterocycles. The highest BCUT2D eigenvalue weighted by Crippen LogP contribution is 2.21. The molecule has 0 spiro atoms. The van der Waals surface area contributed by atoms with Gasteiger partial charge in [0.1, 0.15) is 6.10 Å². The average molecular weight is 342 g/mol. The highest BCUT2D eigenvalue weighted by Gasteiger charge is 2.31. The van der Waals surface area contributed by atoms with Gasteiger partial charge >= 0.3 is 0 Å². The largest absolute Gasteiger partial charge is 0.364 e. The number of aromatic nitrogens is 1. The molecular formula is C12H21Cl2N3O2S. The highest BCUT2D eigenvalue weighted by atomic mass is 35.5.